The smallest absolute Gasteiger partial charge is 0.259 e. The number of hydrazone groups is 1. The molecule has 1 aliphatic rings. The molecule has 2 amide bonds. The third-order valence-corrected chi connectivity index (χ3v) is 5.53. The largest absolute Gasteiger partial charge is 0.496 e. The third kappa shape index (κ3) is 4.50. The predicted octanol–water partition coefficient (Wildman–Crippen LogP) is 5.30. The van der Waals surface area contributed by atoms with E-state index in [1.54, 1.807) is 30.3 Å². The van der Waals surface area contributed by atoms with Crippen molar-refractivity contribution in [1.82, 2.24) is 5.01 Å². The van der Waals surface area contributed by atoms with Gasteiger partial charge in [0.05, 0.1) is 24.4 Å². The summed E-state index contributed by atoms with van der Waals surface area (Å²) in [6.45, 7) is 1.52. The number of carbonyl (C=O) groups is 2. The summed E-state index contributed by atoms with van der Waals surface area (Å²) in [6.07, 6.45) is 0.620. The van der Waals surface area contributed by atoms with Crippen molar-refractivity contribution in [3.05, 3.63) is 94.5 Å². The van der Waals surface area contributed by atoms with E-state index < -0.39 is 0 Å². The fraction of sp³-hybridized carbons (Fsp3) is 0.160. The van der Waals surface area contributed by atoms with Gasteiger partial charge in [0, 0.05) is 24.1 Å². The molecule has 0 radical (unpaired) electrons. The normalized spacial score (nSPS) is 15.3. The van der Waals surface area contributed by atoms with Gasteiger partial charge in [0.1, 0.15) is 5.75 Å². The highest BCUT2D eigenvalue weighted by Gasteiger charge is 2.31. The van der Waals surface area contributed by atoms with E-state index in [1.807, 2.05) is 42.5 Å². The minimum Gasteiger partial charge on any atom is -0.496 e. The van der Waals surface area contributed by atoms with Gasteiger partial charge >= 0.3 is 0 Å². The van der Waals surface area contributed by atoms with Crippen molar-refractivity contribution in [3.8, 4) is 5.75 Å². The number of nitrogens with one attached hydrogen (secondary N) is 1. The Labute approximate surface area is 191 Å². The van der Waals surface area contributed by atoms with E-state index in [0.717, 1.165) is 16.8 Å². The highest BCUT2D eigenvalue weighted by Crippen LogP contribution is 2.33. The summed E-state index contributed by atoms with van der Waals surface area (Å²) < 4.78 is 5.25. The molecule has 1 aliphatic heterocycles. The summed E-state index contributed by atoms with van der Waals surface area (Å²) in [5.41, 5.74) is 3.74. The molecule has 0 saturated heterocycles. The maximum absolute atomic E-state index is 12.7. The number of halogens is 1. The Morgan fingerprint density at radius 3 is 2.44 bits per heavy atom. The summed E-state index contributed by atoms with van der Waals surface area (Å²) in [5.74, 6) is 0.0236. The standard InChI is InChI=1S/C25H22ClN3O3/c1-16(30)29-23(18-6-4-3-5-7-18)15-22(28-29)17-8-11-20(12-9-17)27-25(31)21-14-19(26)10-13-24(21)32-2/h3-14,23H,15H2,1-2H3,(H,27,31). The predicted molar refractivity (Wildman–Crippen MR) is 125 cm³/mol. The van der Waals surface area contributed by atoms with E-state index in [2.05, 4.69) is 10.4 Å². The van der Waals surface area contributed by atoms with Crippen molar-refractivity contribution in [2.75, 3.05) is 12.4 Å². The minimum absolute atomic E-state index is 0.104. The number of amides is 2. The van der Waals surface area contributed by atoms with E-state index in [4.69, 9.17) is 16.3 Å². The molecule has 1 heterocycles. The van der Waals surface area contributed by atoms with Crippen molar-refractivity contribution in [3.63, 3.8) is 0 Å². The highest BCUT2D eigenvalue weighted by atomic mass is 35.5. The lowest BCUT2D eigenvalue weighted by molar-refractivity contribution is -0.130. The van der Waals surface area contributed by atoms with Crippen LogP contribution >= 0.6 is 11.6 Å². The lowest BCUT2D eigenvalue weighted by Crippen LogP contribution is -2.24. The molecule has 32 heavy (non-hydrogen) atoms. The van der Waals surface area contributed by atoms with Crippen LogP contribution in [0.4, 0.5) is 5.69 Å². The number of ether oxygens (including phenoxy) is 1. The number of anilines is 1. The first-order valence-corrected chi connectivity index (χ1v) is 10.5. The van der Waals surface area contributed by atoms with E-state index >= 15 is 0 Å². The number of nitrogens with zero attached hydrogens (tertiary/aromatic N) is 2. The molecule has 1 atom stereocenters. The number of carbonyl (C=O) groups excluding carboxylic acids is 2. The Bertz CT molecular complexity index is 1180. The van der Waals surface area contributed by atoms with Crippen LogP contribution in [0.2, 0.25) is 5.02 Å². The molecule has 162 valence electrons. The SMILES string of the molecule is COc1ccc(Cl)cc1C(=O)Nc1ccc(C2=NN(C(C)=O)C(c3ccccc3)C2)cc1. The van der Waals surface area contributed by atoms with Gasteiger partial charge in [0.2, 0.25) is 5.91 Å². The van der Waals surface area contributed by atoms with Crippen LogP contribution in [-0.2, 0) is 4.79 Å². The molecular weight excluding hydrogens is 426 g/mol. The second-order valence-corrected chi connectivity index (χ2v) is 7.85. The first-order chi connectivity index (χ1) is 15.5. The fourth-order valence-corrected chi connectivity index (χ4v) is 3.88. The molecule has 3 aromatic carbocycles. The zero-order valence-electron chi connectivity index (χ0n) is 17.7. The van der Waals surface area contributed by atoms with Crippen LogP contribution < -0.4 is 10.1 Å². The van der Waals surface area contributed by atoms with Gasteiger partial charge < -0.3 is 10.1 Å². The number of hydrogen-bond acceptors (Lipinski definition) is 4. The summed E-state index contributed by atoms with van der Waals surface area (Å²) in [6, 6.07) is 22.0. The molecule has 7 heteroatoms. The molecule has 6 nitrogen and oxygen atoms in total. The molecular formula is C25H22ClN3O3. The first kappa shape index (κ1) is 21.6. The Hall–Kier alpha value is -3.64. The van der Waals surface area contributed by atoms with Gasteiger partial charge in [-0.15, -0.1) is 0 Å². The lowest BCUT2D eigenvalue weighted by atomic mass is 9.98. The quantitative estimate of drug-likeness (QED) is 0.577. The summed E-state index contributed by atoms with van der Waals surface area (Å²) in [5, 5.41) is 9.41. The van der Waals surface area contributed by atoms with E-state index in [-0.39, 0.29) is 17.9 Å². The Morgan fingerprint density at radius 1 is 1.06 bits per heavy atom. The maximum Gasteiger partial charge on any atom is 0.259 e. The average molecular weight is 448 g/mol. The molecule has 0 aromatic heterocycles. The van der Waals surface area contributed by atoms with Crippen LogP contribution in [0.1, 0.15) is 40.9 Å². The van der Waals surface area contributed by atoms with Gasteiger partial charge in [-0.05, 0) is 41.5 Å². The second-order valence-electron chi connectivity index (χ2n) is 7.42. The average Bonchev–Trinajstić information content (AvgIpc) is 3.26. The van der Waals surface area contributed by atoms with Gasteiger partial charge in [-0.1, -0.05) is 54.1 Å². The van der Waals surface area contributed by atoms with Crippen molar-refractivity contribution >= 4 is 34.8 Å². The zero-order valence-corrected chi connectivity index (χ0v) is 18.5. The van der Waals surface area contributed by atoms with Crippen LogP contribution in [0.15, 0.2) is 77.9 Å². The van der Waals surface area contributed by atoms with Gasteiger partial charge in [0.25, 0.3) is 5.91 Å². The Morgan fingerprint density at radius 2 is 1.78 bits per heavy atom. The summed E-state index contributed by atoms with van der Waals surface area (Å²) in [4.78, 5) is 24.8. The monoisotopic (exact) mass is 447 g/mol. The van der Waals surface area contributed by atoms with Gasteiger partial charge in [-0.2, -0.15) is 5.10 Å². The molecule has 0 spiro atoms. The number of benzene rings is 3. The number of rotatable bonds is 5. The van der Waals surface area contributed by atoms with Crippen molar-refractivity contribution in [2.24, 2.45) is 5.10 Å². The van der Waals surface area contributed by atoms with E-state index in [9.17, 15) is 9.59 Å². The molecule has 0 bridgehead atoms. The molecule has 4 rings (SSSR count). The molecule has 3 aromatic rings. The first-order valence-electron chi connectivity index (χ1n) is 10.1. The van der Waals surface area contributed by atoms with E-state index in [1.165, 1.54) is 19.0 Å². The Balaban J connectivity index is 1.51. The van der Waals surface area contributed by atoms with Gasteiger partial charge in [-0.25, -0.2) is 5.01 Å². The summed E-state index contributed by atoms with van der Waals surface area (Å²) >= 11 is 6.03. The number of hydrogen-bond donors (Lipinski definition) is 1. The van der Waals surface area contributed by atoms with Crippen LogP contribution in [0.25, 0.3) is 0 Å². The Kier molecular flexibility index (Phi) is 6.23. The van der Waals surface area contributed by atoms with Crippen molar-refractivity contribution < 1.29 is 14.3 Å². The van der Waals surface area contributed by atoms with E-state index in [0.29, 0.717) is 28.4 Å². The lowest BCUT2D eigenvalue weighted by Gasteiger charge is -2.20. The van der Waals surface area contributed by atoms with Gasteiger partial charge in [0.15, 0.2) is 0 Å². The van der Waals surface area contributed by atoms with Crippen LogP contribution in [-0.4, -0.2) is 29.6 Å². The van der Waals surface area contributed by atoms with Crippen LogP contribution in [0.3, 0.4) is 0 Å². The van der Waals surface area contributed by atoms with Crippen LogP contribution in [0, 0.1) is 0 Å². The minimum atomic E-state index is -0.317. The fourth-order valence-electron chi connectivity index (χ4n) is 3.71. The molecule has 1 N–H and O–H groups in total. The molecule has 0 saturated carbocycles. The summed E-state index contributed by atoms with van der Waals surface area (Å²) in [7, 11) is 1.50. The number of methoxy groups -OCH3 is 1. The van der Waals surface area contributed by atoms with Crippen molar-refractivity contribution in [2.45, 2.75) is 19.4 Å². The van der Waals surface area contributed by atoms with Crippen LogP contribution in [0.5, 0.6) is 5.75 Å². The zero-order chi connectivity index (χ0) is 22.7. The highest BCUT2D eigenvalue weighted by molar-refractivity contribution is 6.31. The molecule has 0 fully saturated rings. The van der Waals surface area contributed by atoms with Crippen molar-refractivity contribution in [1.29, 1.82) is 0 Å². The second kappa shape index (κ2) is 9.24. The van der Waals surface area contributed by atoms with Gasteiger partial charge in [-0.3, -0.25) is 9.59 Å². The molecule has 1 unspecified atom stereocenters. The maximum atomic E-state index is 12.7. The topological polar surface area (TPSA) is 71.0 Å². The molecule has 0 aliphatic carbocycles. The third-order valence-electron chi connectivity index (χ3n) is 5.30.